The monoisotopic (exact) mass is 377 g/mol. The first-order valence-electron chi connectivity index (χ1n) is 9.74. The maximum Gasteiger partial charge on any atom is 0.237 e. The van der Waals surface area contributed by atoms with Gasteiger partial charge in [0.05, 0.1) is 6.07 Å². The Morgan fingerprint density at radius 1 is 1.43 bits per heavy atom. The topological polar surface area (TPSA) is 102 Å². The second-order valence-electron chi connectivity index (χ2n) is 7.46. The van der Waals surface area contributed by atoms with Crippen molar-refractivity contribution in [2.45, 2.75) is 32.6 Å². The zero-order valence-corrected chi connectivity index (χ0v) is 15.9. The molecule has 1 atom stereocenters. The molecule has 1 saturated carbocycles. The first-order chi connectivity index (χ1) is 13.6. The molecule has 1 aliphatic heterocycles. The van der Waals surface area contributed by atoms with E-state index in [1.54, 1.807) is 4.90 Å². The summed E-state index contributed by atoms with van der Waals surface area (Å²) in [5.74, 6) is 0.739. The fraction of sp³-hybridized carbons (Fsp3) is 0.429. The van der Waals surface area contributed by atoms with Crippen molar-refractivity contribution in [2.24, 2.45) is 11.8 Å². The van der Waals surface area contributed by atoms with E-state index in [0.29, 0.717) is 18.9 Å². The average molecular weight is 377 g/mol. The predicted molar refractivity (Wildman–Crippen MR) is 106 cm³/mol. The number of aromatic amines is 1. The number of H-pyrrole nitrogens is 1. The van der Waals surface area contributed by atoms with Crippen LogP contribution in [-0.2, 0) is 9.59 Å². The summed E-state index contributed by atoms with van der Waals surface area (Å²) in [6.45, 7) is 3.19. The quantitative estimate of drug-likeness (QED) is 0.836. The van der Waals surface area contributed by atoms with Gasteiger partial charge in [0.2, 0.25) is 11.8 Å². The smallest absolute Gasteiger partial charge is 0.237 e. The molecule has 7 heteroatoms. The Balaban J connectivity index is 1.68. The molecule has 4 rings (SSSR count). The number of pyridine rings is 1. The highest BCUT2D eigenvalue weighted by molar-refractivity contribution is 5.97. The van der Waals surface area contributed by atoms with Gasteiger partial charge in [0.1, 0.15) is 17.9 Å². The number of hydrogen-bond donors (Lipinski definition) is 2. The zero-order chi connectivity index (χ0) is 19.7. The fourth-order valence-electron chi connectivity index (χ4n) is 3.79. The summed E-state index contributed by atoms with van der Waals surface area (Å²) in [6.07, 6.45) is 6.59. The molecule has 0 bridgehead atoms. The maximum absolute atomic E-state index is 12.2. The van der Waals surface area contributed by atoms with E-state index < -0.39 is 0 Å². The Bertz CT molecular complexity index is 996. The number of rotatable bonds is 5. The highest BCUT2D eigenvalue weighted by atomic mass is 16.2. The SMILES string of the molecule is CCC1CN(C(=O)CC#N)CC=C1c1cc(NC(=O)C2CC2)nc2[nH]ccc12. The Labute approximate surface area is 163 Å². The van der Waals surface area contributed by atoms with Gasteiger partial charge in [0, 0.05) is 36.5 Å². The number of nitrogens with zero attached hydrogens (tertiary/aromatic N) is 3. The molecule has 28 heavy (non-hydrogen) atoms. The van der Waals surface area contributed by atoms with Crippen LogP contribution in [0.25, 0.3) is 16.6 Å². The zero-order valence-electron chi connectivity index (χ0n) is 15.9. The fourth-order valence-corrected chi connectivity index (χ4v) is 3.79. The molecule has 1 aliphatic carbocycles. The molecule has 2 aromatic rings. The van der Waals surface area contributed by atoms with Crippen LogP contribution in [0.5, 0.6) is 0 Å². The third-order valence-electron chi connectivity index (χ3n) is 5.53. The molecule has 1 fully saturated rings. The predicted octanol–water partition coefficient (Wildman–Crippen LogP) is 3.08. The second kappa shape index (κ2) is 7.47. The third kappa shape index (κ3) is 3.50. The average Bonchev–Trinajstić information content (AvgIpc) is 3.45. The van der Waals surface area contributed by atoms with Gasteiger partial charge in [-0.25, -0.2) is 4.98 Å². The Hall–Kier alpha value is -3.14. The summed E-state index contributed by atoms with van der Waals surface area (Å²) < 4.78 is 0. The first kappa shape index (κ1) is 18.2. The number of aromatic nitrogens is 2. The van der Waals surface area contributed by atoms with E-state index in [1.807, 2.05) is 24.4 Å². The summed E-state index contributed by atoms with van der Waals surface area (Å²) in [5.41, 5.74) is 2.94. The molecule has 0 spiro atoms. The largest absolute Gasteiger partial charge is 0.346 e. The van der Waals surface area contributed by atoms with Crippen molar-refractivity contribution in [1.82, 2.24) is 14.9 Å². The van der Waals surface area contributed by atoms with Gasteiger partial charge in [0.25, 0.3) is 0 Å². The summed E-state index contributed by atoms with van der Waals surface area (Å²) in [6, 6.07) is 5.87. The molecule has 2 aromatic heterocycles. The van der Waals surface area contributed by atoms with Crippen LogP contribution < -0.4 is 5.32 Å². The number of fused-ring (bicyclic) bond motifs is 1. The molecule has 0 saturated heterocycles. The number of carbonyl (C=O) groups is 2. The van der Waals surface area contributed by atoms with Gasteiger partial charge in [-0.3, -0.25) is 9.59 Å². The lowest BCUT2D eigenvalue weighted by Gasteiger charge is -2.32. The Morgan fingerprint density at radius 3 is 2.96 bits per heavy atom. The van der Waals surface area contributed by atoms with E-state index >= 15 is 0 Å². The Kier molecular flexibility index (Phi) is 4.86. The number of nitriles is 1. The van der Waals surface area contributed by atoms with Crippen molar-refractivity contribution in [1.29, 1.82) is 5.26 Å². The van der Waals surface area contributed by atoms with E-state index in [4.69, 9.17) is 5.26 Å². The molecule has 2 amide bonds. The van der Waals surface area contributed by atoms with Gasteiger partial charge in [-0.2, -0.15) is 5.26 Å². The first-order valence-corrected chi connectivity index (χ1v) is 9.74. The highest BCUT2D eigenvalue weighted by Crippen LogP contribution is 2.36. The summed E-state index contributed by atoms with van der Waals surface area (Å²) in [7, 11) is 0. The standard InChI is InChI=1S/C21H23N5O2/c1-2-13-12-26(19(27)5-8-22)10-7-15(13)17-11-18(25-21(28)14-3-4-14)24-20-16(17)6-9-23-20/h6-7,9,11,13-14H,2-5,10,12H2,1H3,(H2,23,24,25,28). The van der Waals surface area contributed by atoms with Crippen LogP contribution in [-0.4, -0.2) is 39.8 Å². The van der Waals surface area contributed by atoms with E-state index in [1.165, 1.54) is 0 Å². The molecule has 0 radical (unpaired) electrons. The maximum atomic E-state index is 12.2. The highest BCUT2D eigenvalue weighted by Gasteiger charge is 2.31. The molecular formula is C21H23N5O2. The summed E-state index contributed by atoms with van der Waals surface area (Å²) >= 11 is 0. The van der Waals surface area contributed by atoms with Gasteiger partial charge in [-0.1, -0.05) is 13.0 Å². The minimum absolute atomic E-state index is 0.0299. The van der Waals surface area contributed by atoms with Crippen molar-refractivity contribution in [3.63, 3.8) is 0 Å². The van der Waals surface area contributed by atoms with E-state index in [0.717, 1.165) is 41.4 Å². The van der Waals surface area contributed by atoms with Gasteiger partial charge < -0.3 is 15.2 Å². The molecule has 7 nitrogen and oxygen atoms in total. The number of hydrogen-bond acceptors (Lipinski definition) is 4. The van der Waals surface area contributed by atoms with Crippen LogP contribution in [0.15, 0.2) is 24.4 Å². The van der Waals surface area contributed by atoms with Crippen molar-refractivity contribution in [2.75, 3.05) is 18.4 Å². The second-order valence-corrected chi connectivity index (χ2v) is 7.46. The molecule has 1 unspecified atom stereocenters. The number of anilines is 1. The minimum atomic E-state index is -0.129. The Morgan fingerprint density at radius 2 is 2.25 bits per heavy atom. The number of amides is 2. The van der Waals surface area contributed by atoms with E-state index in [2.05, 4.69) is 28.3 Å². The van der Waals surface area contributed by atoms with Gasteiger partial charge in [-0.05, 0) is 42.5 Å². The van der Waals surface area contributed by atoms with E-state index in [-0.39, 0.29) is 30.1 Å². The lowest BCUT2D eigenvalue weighted by Crippen LogP contribution is -2.38. The number of nitrogens with one attached hydrogen (secondary N) is 2. The van der Waals surface area contributed by atoms with Crippen molar-refractivity contribution in [3.8, 4) is 6.07 Å². The van der Waals surface area contributed by atoms with E-state index in [9.17, 15) is 9.59 Å². The van der Waals surface area contributed by atoms with Crippen LogP contribution in [0.1, 0.15) is 38.2 Å². The van der Waals surface area contributed by atoms with Crippen molar-refractivity contribution in [3.05, 3.63) is 30.0 Å². The lowest BCUT2D eigenvalue weighted by atomic mass is 9.86. The molecule has 2 N–H and O–H groups in total. The number of carbonyl (C=O) groups excluding carboxylic acids is 2. The molecule has 144 valence electrons. The molecule has 3 heterocycles. The van der Waals surface area contributed by atoms with Crippen LogP contribution in [0, 0.1) is 23.2 Å². The molecular weight excluding hydrogens is 354 g/mol. The van der Waals surface area contributed by atoms with Crippen LogP contribution in [0.3, 0.4) is 0 Å². The van der Waals surface area contributed by atoms with Crippen LogP contribution >= 0.6 is 0 Å². The summed E-state index contributed by atoms with van der Waals surface area (Å²) in [4.78, 5) is 33.8. The van der Waals surface area contributed by atoms with Gasteiger partial charge in [0.15, 0.2) is 0 Å². The lowest BCUT2D eigenvalue weighted by molar-refractivity contribution is -0.130. The van der Waals surface area contributed by atoms with Gasteiger partial charge in [-0.15, -0.1) is 0 Å². The third-order valence-corrected chi connectivity index (χ3v) is 5.53. The molecule has 2 aliphatic rings. The van der Waals surface area contributed by atoms with Crippen molar-refractivity contribution >= 4 is 34.2 Å². The normalized spacial score (nSPS) is 19.2. The summed E-state index contributed by atoms with van der Waals surface area (Å²) in [5, 5.41) is 12.8. The minimum Gasteiger partial charge on any atom is -0.346 e. The van der Waals surface area contributed by atoms with Crippen molar-refractivity contribution < 1.29 is 9.59 Å². The van der Waals surface area contributed by atoms with Crippen LogP contribution in [0.2, 0.25) is 0 Å². The molecule has 0 aromatic carbocycles. The van der Waals surface area contributed by atoms with Crippen LogP contribution in [0.4, 0.5) is 5.82 Å². The van der Waals surface area contributed by atoms with Gasteiger partial charge >= 0.3 is 0 Å².